The van der Waals surface area contributed by atoms with Gasteiger partial charge in [-0.15, -0.1) is 0 Å². The molecular weight excluding hydrogens is 482 g/mol. The van der Waals surface area contributed by atoms with Crippen LogP contribution in [0, 0.1) is 6.92 Å². The quantitative estimate of drug-likeness (QED) is 0.551. The van der Waals surface area contributed by atoms with Crippen LogP contribution in [0.2, 0.25) is 0 Å². The SMILES string of the molecule is Cc1cc(C(=O)N2CCN(C)CC2)ccc1N1CCc2c(-c3cnc(N)nc3)nc(N3CCOCC3)nc21. The number of hydrogen-bond donors (Lipinski definition) is 1. The van der Waals surface area contributed by atoms with Crippen molar-refractivity contribution < 1.29 is 9.53 Å². The largest absolute Gasteiger partial charge is 0.378 e. The number of fused-ring (bicyclic) bond motifs is 1. The average molecular weight is 516 g/mol. The number of nitrogens with zero attached hydrogens (tertiary/aromatic N) is 8. The van der Waals surface area contributed by atoms with E-state index in [1.54, 1.807) is 12.4 Å². The van der Waals surface area contributed by atoms with E-state index in [1.165, 1.54) is 0 Å². The van der Waals surface area contributed by atoms with Gasteiger partial charge in [0.1, 0.15) is 5.82 Å². The average Bonchev–Trinajstić information content (AvgIpc) is 3.37. The predicted molar refractivity (Wildman–Crippen MR) is 146 cm³/mol. The first kappa shape index (κ1) is 24.5. The number of benzene rings is 1. The minimum atomic E-state index is 0.0946. The van der Waals surface area contributed by atoms with Crippen molar-refractivity contribution in [3.05, 3.63) is 47.3 Å². The van der Waals surface area contributed by atoms with Crippen molar-refractivity contribution in [2.75, 3.05) is 81.6 Å². The van der Waals surface area contributed by atoms with Gasteiger partial charge in [0.15, 0.2) is 0 Å². The first-order chi connectivity index (χ1) is 18.5. The number of anilines is 4. The van der Waals surface area contributed by atoms with Gasteiger partial charge in [0, 0.05) is 80.6 Å². The van der Waals surface area contributed by atoms with E-state index in [4.69, 9.17) is 20.4 Å². The van der Waals surface area contributed by atoms with Crippen LogP contribution in [0.1, 0.15) is 21.5 Å². The van der Waals surface area contributed by atoms with Gasteiger partial charge < -0.3 is 30.1 Å². The summed E-state index contributed by atoms with van der Waals surface area (Å²) in [7, 11) is 2.09. The van der Waals surface area contributed by atoms with Gasteiger partial charge in [-0.1, -0.05) is 0 Å². The summed E-state index contributed by atoms with van der Waals surface area (Å²) in [6.07, 6.45) is 4.24. The van der Waals surface area contributed by atoms with Crippen LogP contribution < -0.4 is 15.5 Å². The summed E-state index contributed by atoms with van der Waals surface area (Å²) in [5.74, 6) is 1.88. The molecule has 0 saturated carbocycles. The normalized spacial score (nSPS) is 18.1. The molecule has 198 valence electrons. The van der Waals surface area contributed by atoms with Gasteiger partial charge in [0.2, 0.25) is 11.9 Å². The maximum absolute atomic E-state index is 13.2. The zero-order valence-electron chi connectivity index (χ0n) is 21.9. The van der Waals surface area contributed by atoms with Crippen molar-refractivity contribution >= 4 is 29.3 Å². The van der Waals surface area contributed by atoms with Crippen molar-refractivity contribution in [3.8, 4) is 11.3 Å². The Morgan fingerprint density at radius 3 is 2.42 bits per heavy atom. The van der Waals surface area contributed by atoms with Gasteiger partial charge in [-0.3, -0.25) is 4.79 Å². The molecule has 3 aromatic rings. The van der Waals surface area contributed by atoms with E-state index in [0.717, 1.165) is 91.7 Å². The lowest BCUT2D eigenvalue weighted by Gasteiger charge is -2.32. The number of piperazine rings is 1. The second-order valence-corrected chi connectivity index (χ2v) is 10.1. The standard InChI is InChI=1S/C27H33N9O2/c1-18-15-19(25(37)34-9-7-33(2)8-10-34)3-4-22(18)36-6-5-21-23(20-16-29-26(28)30-17-20)31-27(32-24(21)36)35-11-13-38-14-12-35/h3-4,15-17H,5-14H2,1-2H3,(H2,28,29,30). The summed E-state index contributed by atoms with van der Waals surface area (Å²) in [5, 5.41) is 0. The molecular formula is C27H33N9O2. The number of morpholine rings is 1. The number of ether oxygens (including phenoxy) is 1. The van der Waals surface area contributed by atoms with Crippen LogP contribution in [-0.2, 0) is 11.2 Å². The van der Waals surface area contributed by atoms with Crippen LogP contribution in [0.4, 0.5) is 23.4 Å². The van der Waals surface area contributed by atoms with Crippen LogP contribution in [0.15, 0.2) is 30.6 Å². The number of carbonyl (C=O) groups excluding carboxylic acids is 1. The molecule has 2 saturated heterocycles. The molecule has 0 aliphatic carbocycles. The van der Waals surface area contributed by atoms with E-state index in [0.29, 0.717) is 19.2 Å². The molecule has 1 aromatic carbocycles. The van der Waals surface area contributed by atoms with Gasteiger partial charge in [-0.25, -0.2) is 15.0 Å². The Hall–Kier alpha value is -3.83. The highest BCUT2D eigenvalue weighted by Gasteiger charge is 2.30. The molecule has 3 aliphatic heterocycles. The number of aromatic nitrogens is 4. The minimum Gasteiger partial charge on any atom is -0.378 e. The zero-order chi connectivity index (χ0) is 26.2. The van der Waals surface area contributed by atoms with E-state index >= 15 is 0 Å². The molecule has 2 aromatic heterocycles. The molecule has 11 nitrogen and oxygen atoms in total. The number of rotatable bonds is 4. The molecule has 3 aliphatic rings. The second-order valence-electron chi connectivity index (χ2n) is 10.1. The van der Waals surface area contributed by atoms with Gasteiger partial charge in [0.25, 0.3) is 5.91 Å². The van der Waals surface area contributed by atoms with Crippen molar-refractivity contribution in [1.82, 2.24) is 29.7 Å². The number of nitrogen functional groups attached to an aromatic ring is 1. The number of amides is 1. The molecule has 0 bridgehead atoms. The van der Waals surface area contributed by atoms with E-state index in [9.17, 15) is 4.79 Å². The summed E-state index contributed by atoms with van der Waals surface area (Å²) < 4.78 is 5.55. The molecule has 6 rings (SSSR count). The molecule has 5 heterocycles. The summed E-state index contributed by atoms with van der Waals surface area (Å²) >= 11 is 0. The Morgan fingerprint density at radius 2 is 1.71 bits per heavy atom. The van der Waals surface area contributed by atoms with Crippen molar-refractivity contribution in [2.45, 2.75) is 13.3 Å². The first-order valence-corrected chi connectivity index (χ1v) is 13.2. The van der Waals surface area contributed by atoms with Crippen LogP contribution in [0.3, 0.4) is 0 Å². The minimum absolute atomic E-state index is 0.0946. The molecule has 2 N–H and O–H groups in total. The zero-order valence-corrected chi connectivity index (χ0v) is 21.9. The van der Waals surface area contributed by atoms with Gasteiger partial charge in [-0.2, -0.15) is 4.98 Å². The molecule has 0 spiro atoms. The summed E-state index contributed by atoms with van der Waals surface area (Å²) in [6.45, 7) is 8.91. The third-order valence-electron chi connectivity index (χ3n) is 7.58. The molecule has 0 radical (unpaired) electrons. The smallest absolute Gasteiger partial charge is 0.253 e. The van der Waals surface area contributed by atoms with Crippen molar-refractivity contribution in [3.63, 3.8) is 0 Å². The molecule has 0 atom stereocenters. The van der Waals surface area contributed by atoms with Crippen LogP contribution >= 0.6 is 0 Å². The Morgan fingerprint density at radius 1 is 0.974 bits per heavy atom. The maximum Gasteiger partial charge on any atom is 0.253 e. The fraction of sp³-hybridized carbons (Fsp3) is 0.444. The number of nitrogens with two attached hydrogens (primary N) is 1. The van der Waals surface area contributed by atoms with Crippen molar-refractivity contribution in [1.29, 1.82) is 0 Å². The molecule has 11 heteroatoms. The fourth-order valence-electron chi connectivity index (χ4n) is 5.37. The lowest BCUT2D eigenvalue weighted by molar-refractivity contribution is 0.0664. The van der Waals surface area contributed by atoms with Gasteiger partial charge >= 0.3 is 0 Å². The van der Waals surface area contributed by atoms with Crippen molar-refractivity contribution in [2.24, 2.45) is 0 Å². The molecule has 0 unspecified atom stereocenters. The number of hydrogen-bond acceptors (Lipinski definition) is 10. The molecule has 2 fully saturated rings. The number of aryl methyl sites for hydroxylation is 1. The molecule has 38 heavy (non-hydrogen) atoms. The number of likely N-dealkylation sites (N-methyl/N-ethyl adjacent to an activating group) is 1. The fourth-order valence-corrected chi connectivity index (χ4v) is 5.37. The van der Waals surface area contributed by atoms with Gasteiger partial charge in [-0.05, 0) is 44.2 Å². The Balaban J connectivity index is 1.35. The highest BCUT2D eigenvalue weighted by molar-refractivity contribution is 5.95. The second kappa shape index (κ2) is 10.1. The summed E-state index contributed by atoms with van der Waals surface area (Å²) in [4.78, 5) is 40.2. The first-order valence-electron chi connectivity index (χ1n) is 13.2. The van der Waals surface area contributed by atoms with E-state index < -0.39 is 0 Å². The number of carbonyl (C=O) groups is 1. The highest BCUT2D eigenvalue weighted by atomic mass is 16.5. The van der Waals surface area contributed by atoms with Crippen LogP contribution in [0.25, 0.3) is 11.3 Å². The lowest BCUT2D eigenvalue weighted by Crippen LogP contribution is -2.47. The van der Waals surface area contributed by atoms with E-state index in [1.807, 2.05) is 17.0 Å². The monoisotopic (exact) mass is 515 g/mol. The van der Waals surface area contributed by atoms with E-state index in [2.05, 4.69) is 44.7 Å². The topological polar surface area (TPSA) is 117 Å². The maximum atomic E-state index is 13.2. The van der Waals surface area contributed by atoms with Crippen LogP contribution in [0.5, 0.6) is 0 Å². The Labute approximate surface area is 222 Å². The highest BCUT2D eigenvalue weighted by Crippen LogP contribution is 2.40. The Kier molecular flexibility index (Phi) is 6.54. The Bertz CT molecular complexity index is 1330. The third-order valence-corrected chi connectivity index (χ3v) is 7.58. The summed E-state index contributed by atoms with van der Waals surface area (Å²) in [5.41, 5.74) is 11.3. The predicted octanol–water partition coefficient (Wildman–Crippen LogP) is 1.74. The lowest BCUT2D eigenvalue weighted by atomic mass is 10.1. The summed E-state index contributed by atoms with van der Waals surface area (Å²) in [6, 6.07) is 6.00. The van der Waals surface area contributed by atoms with E-state index in [-0.39, 0.29) is 11.9 Å². The van der Waals surface area contributed by atoms with Gasteiger partial charge in [0.05, 0.1) is 18.9 Å². The molecule has 1 amide bonds. The van der Waals surface area contributed by atoms with Crippen LogP contribution in [-0.4, -0.2) is 102 Å². The third kappa shape index (κ3) is 4.63.